The van der Waals surface area contributed by atoms with Gasteiger partial charge in [0.05, 0.1) is 19.3 Å². The highest BCUT2D eigenvalue weighted by atomic mass is 16.5. The summed E-state index contributed by atoms with van der Waals surface area (Å²) in [6.45, 7) is 4.67. The van der Waals surface area contributed by atoms with Crippen LogP contribution in [-0.4, -0.2) is 39.0 Å². The minimum Gasteiger partial charge on any atom is -0.383 e. The lowest BCUT2D eigenvalue weighted by atomic mass is 10.1. The van der Waals surface area contributed by atoms with E-state index < -0.39 is 0 Å². The molecule has 1 atom stereocenters. The molecule has 3 heteroatoms. The molecular formula is C13H27NO2. The molecule has 1 saturated carbocycles. The summed E-state index contributed by atoms with van der Waals surface area (Å²) < 4.78 is 11.0. The molecule has 1 rings (SSSR count). The normalized spacial score (nSPS) is 20.6. The second-order valence-electron chi connectivity index (χ2n) is 4.79. The average molecular weight is 229 g/mol. The lowest BCUT2D eigenvalue weighted by molar-refractivity contribution is 0.0428. The molecule has 0 aromatic rings. The highest BCUT2D eigenvalue weighted by molar-refractivity contribution is 4.65. The summed E-state index contributed by atoms with van der Waals surface area (Å²) in [6, 6.07) is 0.419. The van der Waals surface area contributed by atoms with Crippen molar-refractivity contribution in [2.45, 2.75) is 57.6 Å². The summed E-state index contributed by atoms with van der Waals surface area (Å²) in [4.78, 5) is 0. The third-order valence-corrected chi connectivity index (χ3v) is 3.17. The number of methoxy groups -OCH3 is 1. The smallest absolute Gasteiger partial charge is 0.0613 e. The fourth-order valence-electron chi connectivity index (χ4n) is 2.25. The van der Waals surface area contributed by atoms with E-state index in [1.54, 1.807) is 7.11 Å². The van der Waals surface area contributed by atoms with Gasteiger partial charge in [-0.3, -0.25) is 0 Å². The minimum absolute atomic E-state index is 0.419. The number of nitrogens with one attached hydrogen (secondary N) is 1. The quantitative estimate of drug-likeness (QED) is 0.537. The number of hydrogen-bond acceptors (Lipinski definition) is 3. The maximum atomic E-state index is 5.89. The Morgan fingerprint density at radius 3 is 2.50 bits per heavy atom. The Kier molecular flexibility index (Phi) is 7.81. The van der Waals surface area contributed by atoms with E-state index in [2.05, 4.69) is 12.2 Å². The van der Waals surface area contributed by atoms with E-state index in [1.807, 2.05) is 0 Å². The van der Waals surface area contributed by atoms with Gasteiger partial charge >= 0.3 is 0 Å². The first-order valence-electron chi connectivity index (χ1n) is 6.67. The third-order valence-electron chi connectivity index (χ3n) is 3.17. The molecule has 0 aromatic carbocycles. The van der Waals surface area contributed by atoms with Crippen molar-refractivity contribution in [1.82, 2.24) is 5.32 Å². The average Bonchev–Trinajstić information content (AvgIpc) is 2.53. The van der Waals surface area contributed by atoms with Gasteiger partial charge in [0, 0.05) is 19.7 Å². The van der Waals surface area contributed by atoms with Gasteiger partial charge in [0.15, 0.2) is 0 Å². The standard InChI is InChI=1S/C13H27NO2/c1-12(11-15-2)14-9-10-16-13-7-5-3-4-6-8-13/h12-14H,3-11H2,1-2H3. The summed E-state index contributed by atoms with van der Waals surface area (Å²) in [6.07, 6.45) is 8.51. The molecule has 0 heterocycles. The van der Waals surface area contributed by atoms with Crippen molar-refractivity contribution < 1.29 is 9.47 Å². The molecule has 1 N–H and O–H groups in total. The summed E-state index contributed by atoms with van der Waals surface area (Å²) in [7, 11) is 1.74. The predicted molar refractivity (Wildman–Crippen MR) is 66.8 cm³/mol. The zero-order valence-corrected chi connectivity index (χ0v) is 10.8. The van der Waals surface area contributed by atoms with Crippen LogP contribution >= 0.6 is 0 Å². The van der Waals surface area contributed by atoms with Gasteiger partial charge in [0.25, 0.3) is 0 Å². The summed E-state index contributed by atoms with van der Waals surface area (Å²) >= 11 is 0. The van der Waals surface area contributed by atoms with E-state index in [-0.39, 0.29) is 0 Å². The summed E-state index contributed by atoms with van der Waals surface area (Å²) in [5.41, 5.74) is 0. The van der Waals surface area contributed by atoms with Crippen molar-refractivity contribution in [2.24, 2.45) is 0 Å². The molecule has 16 heavy (non-hydrogen) atoms. The largest absolute Gasteiger partial charge is 0.383 e. The Morgan fingerprint density at radius 2 is 1.88 bits per heavy atom. The van der Waals surface area contributed by atoms with Gasteiger partial charge < -0.3 is 14.8 Å². The predicted octanol–water partition coefficient (Wildman–Crippen LogP) is 2.35. The van der Waals surface area contributed by atoms with E-state index in [9.17, 15) is 0 Å². The molecule has 0 amide bonds. The zero-order valence-electron chi connectivity index (χ0n) is 10.8. The Labute approximate surface area is 99.9 Å². The molecule has 0 aromatic heterocycles. The molecule has 0 spiro atoms. The summed E-state index contributed by atoms with van der Waals surface area (Å²) in [5, 5.41) is 3.39. The zero-order chi connectivity index (χ0) is 11.6. The fraction of sp³-hybridized carbons (Fsp3) is 1.00. The van der Waals surface area contributed by atoms with E-state index in [0.29, 0.717) is 12.1 Å². The highest BCUT2D eigenvalue weighted by Crippen LogP contribution is 2.19. The van der Waals surface area contributed by atoms with Crippen molar-refractivity contribution in [3.8, 4) is 0 Å². The summed E-state index contributed by atoms with van der Waals surface area (Å²) in [5.74, 6) is 0. The van der Waals surface area contributed by atoms with E-state index >= 15 is 0 Å². The van der Waals surface area contributed by atoms with E-state index in [1.165, 1.54) is 38.5 Å². The van der Waals surface area contributed by atoms with Crippen molar-refractivity contribution >= 4 is 0 Å². The number of ether oxygens (including phenoxy) is 2. The van der Waals surface area contributed by atoms with Crippen LogP contribution in [0.2, 0.25) is 0 Å². The van der Waals surface area contributed by atoms with Gasteiger partial charge in [-0.2, -0.15) is 0 Å². The van der Waals surface area contributed by atoms with Crippen LogP contribution in [0.15, 0.2) is 0 Å². The van der Waals surface area contributed by atoms with Crippen LogP contribution in [0, 0.1) is 0 Å². The molecule has 1 fully saturated rings. The second-order valence-corrected chi connectivity index (χ2v) is 4.79. The molecule has 1 unspecified atom stereocenters. The highest BCUT2D eigenvalue weighted by Gasteiger charge is 2.12. The topological polar surface area (TPSA) is 30.5 Å². The molecule has 0 radical (unpaired) electrons. The molecule has 1 aliphatic carbocycles. The Morgan fingerprint density at radius 1 is 1.19 bits per heavy atom. The lowest BCUT2D eigenvalue weighted by Gasteiger charge is -2.17. The first kappa shape index (κ1) is 13.9. The van der Waals surface area contributed by atoms with Crippen LogP contribution in [0.4, 0.5) is 0 Å². The Hall–Kier alpha value is -0.120. The number of hydrogen-bond donors (Lipinski definition) is 1. The minimum atomic E-state index is 0.419. The maximum Gasteiger partial charge on any atom is 0.0613 e. The van der Waals surface area contributed by atoms with Gasteiger partial charge in [-0.25, -0.2) is 0 Å². The third kappa shape index (κ3) is 6.46. The van der Waals surface area contributed by atoms with Gasteiger partial charge in [-0.05, 0) is 19.8 Å². The van der Waals surface area contributed by atoms with Gasteiger partial charge in [-0.15, -0.1) is 0 Å². The van der Waals surface area contributed by atoms with Crippen LogP contribution in [0.1, 0.15) is 45.4 Å². The van der Waals surface area contributed by atoms with Crippen LogP contribution in [0.5, 0.6) is 0 Å². The Balaban J connectivity index is 1.97. The van der Waals surface area contributed by atoms with Gasteiger partial charge in [0.1, 0.15) is 0 Å². The van der Waals surface area contributed by atoms with Crippen LogP contribution in [0.3, 0.4) is 0 Å². The Bertz CT molecular complexity index is 156. The van der Waals surface area contributed by atoms with Crippen molar-refractivity contribution in [3.63, 3.8) is 0 Å². The molecular weight excluding hydrogens is 202 g/mol. The molecule has 3 nitrogen and oxygen atoms in total. The number of rotatable bonds is 7. The first-order valence-corrected chi connectivity index (χ1v) is 6.67. The molecule has 0 bridgehead atoms. The maximum absolute atomic E-state index is 5.89. The monoisotopic (exact) mass is 229 g/mol. The first-order chi connectivity index (χ1) is 7.83. The van der Waals surface area contributed by atoms with Gasteiger partial charge in [-0.1, -0.05) is 25.7 Å². The SMILES string of the molecule is COCC(C)NCCOC1CCCCCC1. The van der Waals surface area contributed by atoms with Gasteiger partial charge in [0.2, 0.25) is 0 Å². The molecule has 1 aliphatic rings. The van der Waals surface area contributed by atoms with Crippen LogP contribution in [-0.2, 0) is 9.47 Å². The van der Waals surface area contributed by atoms with Crippen molar-refractivity contribution in [3.05, 3.63) is 0 Å². The molecule has 0 aliphatic heterocycles. The van der Waals surface area contributed by atoms with Crippen LogP contribution < -0.4 is 5.32 Å². The second kappa shape index (κ2) is 8.97. The van der Waals surface area contributed by atoms with E-state index in [4.69, 9.17) is 9.47 Å². The molecule has 96 valence electrons. The van der Waals surface area contributed by atoms with Crippen molar-refractivity contribution in [1.29, 1.82) is 0 Å². The van der Waals surface area contributed by atoms with E-state index in [0.717, 1.165) is 19.8 Å². The molecule has 0 saturated heterocycles. The van der Waals surface area contributed by atoms with Crippen LogP contribution in [0.25, 0.3) is 0 Å². The fourth-order valence-corrected chi connectivity index (χ4v) is 2.25. The lowest BCUT2D eigenvalue weighted by Crippen LogP contribution is -2.33. The van der Waals surface area contributed by atoms with Crippen molar-refractivity contribution in [2.75, 3.05) is 26.9 Å².